The molecule has 0 fully saturated rings. The molecular weight excluding hydrogens is 250 g/mol. The average molecular weight is 263 g/mol. The first-order chi connectivity index (χ1) is 8.38. The summed E-state index contributed by atoms with van der Waals surface area (Å²) in [6, 6.07) is -1.35. The van der Waals surface area contributed by atoms with Crippen molar-refractivity contribution in [3.63, 3.8) is 0 Å². The van der Waals surface area contributed by atoms with E-state index < -0.39 is 37.0 Å². The van der Waals surface area contributed by atoms with Gasteiger partial charge in [-0.05, 0) is 0 Å². The molecule has 102 valence electrons. The van der Waals surface area contributed by atoms with Crippen molar-refractivity contribution < 1.29 is 39.2 Å². The zero-order valence-electron chi connectivity index (χ0n) is 9.31. The van der Waals surface area contributed by atoms with E-state index in [0.717, 1.165) is 4.90 Å². The van der Waals surface area contributed by atoms with Crippen LogP contribution in [-0.4, -0.2) is 70.3 Å². The second-order valence-electron chi connectivity index (χ2n) is 3.30. The van der Waals surface area contributed by atoms with E-state index in [4.69, 9.17) is 15.3 Å². The van der Waals surface area contributed by atoms with Gasteiger partial charge in [0, 0.05) is 6.42 Å². The van der Waals surface area contributed by atoms with Crippen molar-refractivity contribution in [3.8, 4) is 0 Å². The maximum absolute atomic E-state index is 10.9. The van der Waals surface area contributed by atoms with Gasteiger partial charge in [0.05, 0.1) is 19.7 Å². The Labute approximate surface area is 102 Å². The van der Waals surface area contributed by atoms with Gasteiger partial charge < -0.3 is 20.1 Å². The number of rotatable bonds is 10. The third-order valence-corrected chi connectivity index (χ3v) is 1.98. The summed E-state index contributed by atoms with van der Waals surface area (Å²) in [5.41, 5.74) is 0. The van der Waals surface area contributed by atoms with E-state index in [0.29, 0.717) is 0 Å². The molecule has 0 spiro atoms. The molecule has 18 heavy (non-hydrogen) atoms. The highest BCUT2D eigenvalue weighted by atomic mass is 16.5. The summed E-state index contributed by atoms with van der Waals surface area (Å²) in [7, 11) is 0. The molecule has 1 atom stereocenters. The average Bonchev–Trinajstić information content (AvgIpc) is 2.21. The van der Waals surface area contributed by atoms with Crippen LogP contribution in [0.5, 0.6) is 0 Å². The quantitative estimate of drug-likeness (QED) is 0.316. The van der Waals surface area contributed by atoms with Gasteiger partial charge in [-0.2, -0.15) is 0 Å². The van der Waals surface area contributed by atoms with Gasteiger partial charge in [-0.1, -0.05) is 0 Å². The van der Waals surface area contributed by atoms with Gasteiger partial charge in [-0.15, -0.1) is 0 Å². The van der Waals surface area contributed by atoms with Crippen molar-refractivity contribution in [1.29, 1.82) is 0 Å². The van der Waals surface area contributed by atoms with Crippen molar-refractivity contribution >= 4 is 24.4 Å². The van der Waals surface area contributed by atoms with E-state index in [1.807, 2.05) is 0 Å². The molecule has 1 unspecified atom stereocenters. The molecule has 0 amide bonds. The summed E-state index contributed by atoms with van der Waals surface area (Å²) < 4.78 is 4.31. The third kappa shape index (κ3) is 6.43. The Bertz CT molecular complexity index is 313. The van der Waals surface area contributed by atoms with Crippen molar-refractivity contribution in [2.45, 2.75) is 12.5 Å². The molecule has 0 saturated carbocycles. The van der Waals surface area contributed by atoms with Crippen LogP contribution >= 0.6 is 0 Å². The maximum atomic E-state index is 10.9. The molecule has 0 aliphatic rings. The van der Waals surface area contributed by atoms with Crippen LogP contribution in [0.3, 0.4) is 0 Å². The first-order valence-corrected chi connectivity index (χ1v) is 4.84. The number of carbonyl (C=O) groups is 4. The van der Waals surface area contributed by atoms with Crippen LogP contribution in [0.15, 0.2) is 0 Å². The summed E-state index contributed by atoms with van der Waals surface area (Å²) in [5.74, 6) is -4.08. The largest absolute Gasteiger partial charge is 0.480 e. The van der Waals surface area contributed by atoms with E-state index in [1.165, 1.54) is 0 Å². The van der Waals surface area contributed by atoms with Crippen LogP contribution in [0.2, 0.25) is 0 Å². The Hall–Kier alpha value is -2.16. The lowest BCUT2D eigenvalue weighted by molar-refractivity contribution is -0.150. The normalized spacial score (nSPS) is 11.8. The van der Waals surface area contributed by atoms with E-state index in [1.54, 1.807) is 0 Å². The van der Waals surface area contributed by atoms with Crippen LogP contribution < -0.4 is 0 Å². The number of ether oxygens (including phenoxy) is 1. The molecule has 0 saturated heterocycles. The van der Waals surface area contributed by atoms with Crippen LogP contribution in [0.4, 0.5) is 0 Å². The fraction of sp³-hybridized carbons (Fsp3) is 0.556. The molecular formula is C9H13NO8. The maximum Gasteiger partial charge on any atom is 0.321 e. The van der Waals surface area contributed by atoms with Crippen LogP contribution in [-0.2, 0) is 23.9 Å². The van der Waals surface area contributed by atoms with Gasteiger partial charge in [0.25, 0.3) is 6.47 Å². The Kier molecular flexibility index (Phi) is 7.05. The molecule has 0 aromatic carbocycles. The molecule has 0 aliphatic carbocycles. The van der Waals surface area contributed by atoms with E-state index in [2.05, 4.69) is 4.74 Å². The monoisotopic (exact) mass is 263 g/mol. The highest BCUT2D eigenvalue weighted by molar-refractivity contribution is 5.78. The number of carboxylic acid groups (broad SMARTS) is 3. The highest BCUT2D eigenvalue weighted by Gasteiger charge is 2.28. The lowest BCUT2D eigenvalue weighted by atomic mass is 10.2. The standard InChI is InChI=1S/C9H13NO8/c11-5-18-2-1-6(9(16)17)10(3-7(12)13)4-8(14)15/h5-6H,1-4H2,(H,12,13)(H,14,15)(H,16,17). The lowest BCUT2D eigenvalue weighted by Crippen LogP contribution is -2.47. The topological polar surface area (TPSA) is 141 Å². The first-order valence-electron chi connectivity index (χ1n) is 4.84. The van der Waals surface area contributed by atoms with Crippen molar-refractivity contribution in [2.24, 2.45) is 0 Å². The second-order valence-corrected chi connectivity index (χ2v) is 3.30. The summed E-state index contributed by atoms with van der Waals surface area (Å²) in [6.45, 7) is -1.58. The van der Waals surface area contributed by atoms with Crippen LogP contribution in [0.1, 0.15) is 6.42 Å². The minimum absolute atomic E-state index is 0.123. The first kappa shape index (κ1) is 15.8. The fourth-order valence-electron chi connectivity index (χ4n) is 1.31. The summed E-state index contributed by atoms with van der Waals surface area (Å²) >= 11 is 0. The number of hydrogen-bond acceptors (Lipinski definition) is 6. The van der Waals surface area contributed by atoms with Crippen LogP contribution in [0.25, 0.3) is 0 Å². The predicted molar refractivity (Wildman–Crippen MR) is 54.9 cm³/mol. The van der Waals surface area contributed by atoms with Gasteiger partial charge >= 0.3 is 17.9 Å². The Balaban J connectivity index is 4.72. The smallest absolute Gasteiger partial charge is 0.321 e. The molecule has 3 N–H and O–H groups in total. The van der Waals surface area contributed by atoms with Crippen molar-refractivity contribution in [2.75, 3.05) is 19.7 Å². The Morgan fingerprint density at radius 3 is 1.94 bits per heavy atom. The third-order valence-electron chi connectivity index (χ3n) is 1.98. The Morgan fingerprint density at radius 2 is 1.61 bits per heavy atom. The van der Waals surface area contributed by atoms with Crippen LogP contribution in [0, 0.1) is 0 Å². The van der Waals surface area contributed by atoms with Crippen molar-refractivity contribution in [1.82, 2.24) is 4.90 Å². The van der Waals surface area contributed by atoms with Gasteiger partial charge in [0.15, 0.2) is 0 Å². The molecule has 0 radical (unpaired) electrons. The second kappa shape index (κ2) is 8.01. The van der Waals surface area contributed by atoms with Gasteiger partial charge in [-0.3, -0.25) is 24.1 Å². The number of hydrogen-bond donors (Lipinski definition) is 3. The SMILES string of the molecule is O=COCCC(C(=O)O)N(CC(=O)O)CC(=O)O. The zero-order chi connectivity index (χ0) is 14.1. The molecule has 0 rings (SSSR count). The number of carboxylic acids is 3. The molecule has 0 aliphatic heterocycles. The lowest BCUT2D eigenvalue weighted by Gasteiger charge is -2.25. The van der Waals surface area contributed by atoms with Gasteiger partial charge in [0.1, 0.15) is 6.04 Å². The molecule has 9 heteroatoms. The molecule has 0 heterocycles. The summed E-state index contributed by atoms with van der Waals surface area (Å²) in [5, 5.41) is 26.1. The fourth-order valence-corrected chi connectivity index (χ4v) is 1.31. The van der Waals surface area contributed by atoms with E-state index >= 15 is 0 Å². The predicted octanol–water partition coefficient (Wildman–Crippen LogP) is -1.53. The van der Waals surface area contributed by atoms with E-state index in [-0.39, 0.29) is 19.5 Å². The minimum atomic E-state index is -1.38. The highest BCUT2D eigenvalue weighted by Crippen LogP contribution is 2.05. The van der Waals surface area contributed by atoms with Crippen molar-refractivity contribution in [3.05, 3.63) is 0 Å². The van der Waals surface area contributed by atoms with Gasteiger partial charge in [0.2, 0.25) is 0 Å². The van der Waals surface area contributed by atoms with E-state index in [9.17, 15) is 19.2 Å². The van der Waals surface area contributed by atoms with Gasteiger partial charge in [-0.25, -0.2) is 0 Å². The minimum Gasteiger partial charge on any atom is -0.480 e. The number of aliphatic carboxylic acids is 3. The molecule has 0 bridgehead atoms. The number of carbonyl (C=O) groups excluding carboxylic acids is 1. The summed E-state index contributed by atoms with van der Waals surface area (Å²) in [6.07, 6.45) is -0.200. The zero-order valence-corrected chi connectivity index (χ0v) is 9.31. The molecule has 0 aromatic heterocycles. The molecule has 0 aromatic rings. The number of nitrogens with zero attached hydrogens (tertiary/aromatic N) is 1. The summed E-state index contributed by atoms with van der Waals surface area (Å²) in [4.78, 5) is 42.7. The Morgan fingerprint density at radius 1 is 1.11 bits per heavy atom. The molecule has 9 nitrogen and oxygen atoms in total.